The first-order valence-electron chi connectivity index (χ1n) is 35.8. The number of aliphatic carboxylic acids is 1. The number of ketones is 1. The molecule has 0 spiro atoms. The second kappa shape index (κ2) is 41.2. The minimum absolute atomic E-state index is 0.127. The van der Waals surface area contributed by atoms with Crippen molar-refractivity contribution >= 4 is 49.3 Å². The van der Waals surface area contributed by atoms with Crippen LogP contribution in [-0.4, -0.2) is 294 Å². The number of carbonyl (C=O) groups excluding carboxylic acids is 6. The lowest BCUT2D eigenvalue weighted by Gasteiger charge is -2.51. The highest BCUT2D eigenvalue weighted by Crippen LogP contribution is 2.49. The van der Waals surface area contributed by atoms with Crippen molar-refractivity contribution in [3.63, 3.8) is 0 Å². The number of hydrogen-bond acceptors (Lipinski definition) is 32. The molecular formula is C70H110N5O34P. The number of nitrogens with two attached hydrogens (primary N) is 2. The van der Waals surface area contributed by atoms with Gasteiger partial charge in [-0.25, -0.2) is 14.2 Å². The Morgan fingerprint density at radius 2 is 1.33 bits per heavy atom. The van der Waals surface area contributed by atoms with Gasteiger partial charge in [0.05, 0.1) is 45.2 Å². The van der Waals surface area contributed by atoms with Gasteiger partial charge in [0, 0.05) is 32.6 Å². The van der Waals surface area contributed by atoms with Crippen LogP contribution in [-0.2, 0) is 94.5 Å². The molecule has 39 nitrogen and oxygen atoms in total. The Bertz CT molecular complexity index is 3380. The molecule has 1 aliphatic carbocycles. The van der Waals surface area contributed by atoms with Gasteiger partial charge in [0.1, 0.15) is 90.2 Å². The molecular weight excluding hydrogens is 1490 g/mol. The van der Waals surface area contributed by atoms with Gasteiger partial charge in [-0.3, -0.25) is 33.0 Å². The number of hydrogen-bond donors (Lipinski definition) is 18. The average Bonchev–Trinajstić information content (AvgIpc) is 0.796. The smallest absolute Gasteiger partial charge is 0.474 e. The zero-order valence-electron chi connectivity index (χ0n) is 62.9. The maximum absolute atomic E-state index is 14.1. The Balaban J connectivity index is 1.25. The number of phosphoric acid groups is 1. The summed E-state index contributed by atoms with van der Waals surface area (Å²) >= 11 is 0. The van der Waals surface area contributed by atoms with Crippen LogP contribution in [0.25, 0.3) is 0 Å². The van der Waals surface area contributed by atoms with Gasteiger partial charge in [-0.1, -0.05) is 73.1 Å². The Morgan fingerprint density at radius 1 is 0.736 bits per heavy atom. The molecule has 40 heteroatoms. The third-order valence-electron chi connectivity index (χ3n) is 19.2. The van der Waals surface area contributed by atoms with Crippen LogP contribution >= 0.6 is 7.82 Å². The van der Waals surface area contributed by atoms with Crippen molar-refractivity contribution in [3.8, 4) is 0 Å². The molecule has 27 atom stereocenters. The van der Waals surface area contributed by atoms with E-state index in [0.29, 0.717) is 12.8 Å². The second-order valence-electron chi connectivity index (χ2n) is 29.3. The lowest BCUT2D eigenvalue weighted by atomic mass is 9.85. The molecule has 0 bridgehead atoms. The summed E-state index contributed by atoms with van der Waals surface area (Å²) in [7, 11) is -5.85. The number of Topliss-reactive ketones (excluding diaryl/α,β-unsaturated/α-hetero) is 1. The summed E-state index contributed by atoms with van der Waals surface area (Å²) in [6.07, 6.45) is -33.6. The van der Waals surface area contributed by atoms with Crippen LogP contribution in [0.5, 0.6) is 0 Å². The van der Waals surface area contributed by atoms with Gasteiger partial charge >= 0.3 is 19.9 Å². The summed E-state index contributed by atoms with van der Waals surface area (Å²) < 4.78 is 89.3. The Kier molecular flexibility index (Phi) is 34.7. The van der Waals surface area contributed by atoms with Crippen molar-refractivity contribution < 1.29 is 165 Å². The van der Waals surface area contributed by atoms with Crippen molar-refractivity contribution in [2.24, 2.45) is 22.8 Å². The van der Waals surface area contributed by atoms with Crippen LogP contribution < -0.4 is 27.4 Å². The molecule has 0 aromatic heterocycles. The molecule has 0 radical (unpaired) electrons. The zero-order chi connectivity index (χ0) is 82.2. The van der Waals surface area contributed by atoms with E-state index in [2.05, 4.69) is 75.4 Å². The van der Waals surface area contributed by atoms with Crippen LogP contribution in [0.15, 0.2) is 70.7 Å². The molecule has 5 saturated heterocycles. The van der Waals surface area contributed by atoms with Gasteiger partial charge in [-0.15, -0.1) is 0 Å². The third-order valence-corrected chi connectivity index (χ3v) is 20.2. The third kappa shape index (κ3) is 25.7. The molecule has 0 saturated carbocycles. The number of phosphoric ester groups is 1. The van der Waals surface area contributed by atoms with E-state index >= 15 is 0 Å². The fraction of sp³-hybridized carbons (Fsp3) is 0.729. The van der Waals surface area contributed by atoms with Crippen LogP contribution in [0.3, 0.4) is 0 Å². The molecule has 0 aromatic rings. The number of nitrogens with one attached hydrogen (secondary N) is 3. The number of rotatable bonds is 37. The van der Waals surface area contributed by atoms with Crippen LogP contribution in [0, 0.1) is 11.3 Å². The Hall–Kier alpha value is -6.16. The van der Waals surface area contributed by atoms with E-state index in [4.69, 9.17) is 72.6 Å². The summed E-state index contributed by atoms with van der Waals surface area (Å²) in [6.45, 7) is 16.4. The summed E-state index contributed by atoms with van der Waals surface area (Å²) in [6, 6.07) is -3.99. The normalized spacial score (nSPS) is 35.5. The highest BCUT2D eigenvalue weighted by molar-refractivity contribution is 7.47. The highest BCUT2D eigenvalue weighted by Gasteiger charge is 2.62. The predicted octanol–water partition coefficient (Wildman–Crippen LogP) is -1.78. The van der Waals surface area contributed by atoms with Gasteiger partial charge in [-0.05, 0) is 91.9 Å². The van der Waals surface area contributed by atoms with E-state index in [9.17, 15) is 104 Å². The second-order valence-corrected chi connectivity index (χ2v) is 30.7. The van der Waals surface area contributed by atoms with E-state index in [1.807, 2.05) is 6.08 Å². The molecule has 5 amide bonds. The molecule has 14 unspecified atom stereocenters. The molecule has 5 fully saturated rings. The van der Waals surface area contributed by atoms with Crippen molar-refractivity contribution in [1.82, 2.24) is 16.0 Å². The maximum atomic E-state index is 14.1. The van der Waals surface area contributed by atoms with Crippen LogP contribution in [0.1, 0.15) is 127 Å². The lowest BCUT2D eigenvalue weighted by molar-refractivity contribution is -0.373. The topological polar surface area (TPSA) is 608 Å². The monoisotopic (exact) mass is 1600 g/mol. The first-order valence-corrected chi connectivity index (χ1v) is 37.3. The Labute approximate surface area is 635 Å². The summed E-state index contributed by atoms with van der Waals surface area (Å²) in [5, 5.41) is 140. The van der Waals surface area contributed by atoms with Gasteiger partial charge < -0.3 is 146 Å². The average molecular weight is 1600 g/mol. The minimum Gasteiger partial charge on any atom is -0.510 e. The van der Waals surface area contributed by atoms with Gasteiger partial charge in [0.2, 0.25) is 17.7 Å². The first kappa shape index (κ1) is 92.7. The SMILES string of the molecule is C=C(C/C=C(\C)CCC=C(C)C)CCC(C)(C)/C=C/CC/C(C)=C/CO[C@H](COP(=O)(O)O[C@H]1OC(C(N)=O)[C@@](C)(O)[C@H](OC(N)=O)C1O[C@@H]1OC(CO[C@@H]2OCC(CO)[C@@H](O)C(O)C2O)[C@@H](O[C@@H]2OC(C)[C@@H](O[C@@H]3O[C@@H](C(=O)NC4=C(O)CCC4=O)[C@H](O)C(O)C3O)C(O)C2NC(C)=O)C(O)C1NC(C)=O)C(=O)O. The van der Waals surface area contributed by atoms with E-state index in [1.165, 1.54) is 18.1 Å². The summed E-state index contributed by atoms with van der Waals surface area (Å²) in [5.41, 5.74) is 12.0. The lowest BCUT2D eigenvalue weighted by Crippen LogP contribution is -2.72. The van der Waals surface area contributed by atoms with Crippen molar-refractivity contribution in [2.75, 3.05) is 33.0 Å². The number of aliphatic hydroxyl groups excluding tert-OH is 10. The number of allylic oxidation sites excluding steroid dienone is 10. The first-order chi connectivity index (χ1) is 51.4. The quantitative estimate of drug-likeness (QED) is 0.0241. The maximum Gasteiger partial charge on any atom is 0.474 e. The Morgan fingerprint density at radius 3 is 1.92 bits per heavy atom. The molecule has 5 aliphatic heterocycles. The zero-order valence-corrected chi connectivity index (χ0v) is 63.8. The number of amides is 5. The van der Waals surface area contributed by atoms with Crippen LogP contribution in [0.2, 0.25) is 0 Å². The van der Waals surface area contributed by atoms with Crippen molar-refractivity contribution in [2.45, 2.75) is 280 Å². The number of carbonyl (C=O) groups is 7. The van der Waals surface area contributed by atoms with Crippen LogP contribution in [0.4, 0.5) is 4.79 Å². The summed E-state index contributed by atoms with van der Waals surface area (Å²) in [5.74, 6) is -8.86. The molecule has 5 heterocycles. The molecule has 6 rings (SSSR count). The number of carboxylic acid groups (broad SMARTS) is 1. The number of aliphatic hydroxyl groups is 11. The van der Waals surface area contributed by atoms with Gasteiger partial charge in [-0.2, -0.15) is 0 Å². The van der Waals surface area contributed by atoms with Gasteiger partial charge in [0.15, 0.2) is 67.8 Å². The van der Waals surface area contributed by atoms with Gasteiger partial charge in [0.25, 0.3) is 5.91 Å². The number of ether oxygens (including phenoxy) is 11. The standard InChI is InChI=1S/C70H110N5O34P/c1-31(2)15-14-17-32(3)18-19-34(5)22-25-69(9,10)24-13-12-16-33(4)23-26-97-42(62(91)92)30-100-110(95,96)109-67-57(58(108-68(72)93)70(11,94)59(107-67)60(71)89)106-64-45(74-37(8)78)48(83)55(41(102-64)29-99-65-52(87)49(84)46(81)38(27-76)28-98-65)104-63-44(73-36(7)77)47(82)54(35(6)101-63)103-66-53(88)50(85)51(86)56(105-66)61(90)75-43-39(79)20-21-40(43)80/h13,15,18,23-24,35,38,41-42,44-59,63-67,76,79,81-88,94H,5,12,14,16-17,19-22,25-30H2,1-4,6-11H3,(H2,71,89)(H2,72,93)(H,73,77)(H,74,78)(H,75,90)(H,91,92)(H,95,96)/b24-13+,32-18+,33-23+/t35?,38?,41?,42-,44?,45?,46-,47?,48?,49?,50?,51-,52?,53?,54-,55-,56-,57?,58-,59?,63+,64+,65+,66-,67-,70+/m1/s1. The van der Waals surface area contributed by atoms with Crippen molar-refractivity contribution in [3.05, 3.63) is 70.7 Å². The van der Waals surface area contributed by atoms with E-state index in [1.54, 1.807) is 13.0 Å². The van der Waals surface area contributed by atoms with E-state index in [-0.39, 0.29) is 24.9 Å². The van der Waals surface area contributed by atoms with E-state index in [0.717, 1.165) is 64.0 Å². The molecule has 6 aliphatic rings. The van der Waals surface area contributed by atoms with E-state index < -0.39 is 246 Å². The van der Waals surface area contributed by atoms with Crippen molar-refractivity contribution in [1.29, 1.82) is 0 Å². The minimum atomic E-state index is -5.85. The predicted molar refractivity (Wildman–Crippen MR) is 376 cm³/mol. The molecule has 624 valence electrons. The molecule has 110 heavy (non-hydrogen) atoms. The largest absolute Gasteiger partial charge is 0.510 e. The fourth-order valence-corrected chi connectivity index (χ4v) is 13.6. The highest BCUT2D eigenvalue weighted by atomic mass is 31.2. The fourth-order valence-electron chi connectivity index (χ4n) is 12.8. The summed E-state index contributed by atoms with van der Waals surface area (Å²) in [4.78, 5) is 102. The number of primary amides is 2. The molecule has 0 aromatic carbocycles. The molecule has 20 N–H and O–H groups in total. The number of carboxylic acids is 1.